The molecule has 0 radical (unpaired) electrons. The number of allylic oxidation sites excluding steroid dienone is 2. The van der Waals surface area contributed by atoms with Gasteiger partial charge in [0.1, 0.15) is 5.75 Å². The van der Waals surface area contributed by atoms with E-state index in [-0.39, 0.29) is 5.78 Å². The molecule has 0 spiro atoms. The first-order chi connectivity index (χ1) is 9.20. The normalized spacial score (nSPS) is 22.2. The van der Waals surface area contributed by atoms with E-state index in [2.05, 4.69) is 19.1 Å². The summed E-state index contributed by atoms with van der Waals surface area (Å²) in [5.74, 6) is 2.32. The molecule has 0 saturated heterocycles. The average Bonchev–Trinajstić information content (AvgIpc) is 2.46. The molecule has 2 unspecified atom stereocenters. The molecule has 0 amide bonds. The van der Waals surface area contributed by atoms with Crippen molar-refractivity contribution < 1.29 is 9.53 Å². The fraction of sp³-hybridized carbons (Fsp3) is 0.471. The van der Waals surface area contributed by atoms with Gasteiger partial charge >= 0.3 is 0 Å². The summed E-state index contributed by atoms with van der Waals surface area (Å²) in [5.41, 5.74) is 0.767. The van der Waals surface area contributed by atoms with E-state index in [0.29, 0.717) is 18.3 Å². The number of ketones is 1. The first-order valence-corrected chi connectivity index (χ1v) is 7.11. The highest BCUT2D eigenvalue weighted by Gasteiger charge is 2.18. The van der Waals surface area contributed by atoms with E-state index < -0.39 is 0 Å². The maximum absolute atomic E-state index is 11.5. The van der Waals surface area contributed by atoms with Crippen molar-refractivity contribution in [2.24, 2.45) is 11.8 Å². The Balaban J connectivity index is 1.89. The summed E-state index contributed by atoms with van der Waals surface area (Å²) < 4.78 is 5.84. The maximum atomic E-state index is 11.5. The van der Waals surface area contributed by atoms with Crippen molar-refractivity contribution in [3.05, 3.63) is 42.0 Å². The molecule has 2 atom stereocenters. The zero-order valence-corrected chi connectivity index (χ0v) is 11.8. The summed E-state index contributed by atoms with van der Waals surface area (Å²) in [5, 5.41) is 0. The highest BCUT2D eigenvalue weighted by atomic mass is 16.5. The van der Waals surface area contributed by atoms with E-state index in [1.54, 1.807) is 0 Å². The third kappa shape index (κ3) is 3.69. The lowest BCUT2D eigenvalue weighted by molar-refractivity contribution is 0.0988. The quantitative estimate of drug-likeness (QED) is 0.582. The predicted octanol–water partition coefficient (Wildman–Crippen LogP) is 4.26. The number of hydrogen-bond acceptors (Lipinski definition) is 2. The first-order valence-electron chi connectivity index (χ1n) is 7.11. The second-order valence-electron chi connectivity index (χ2n) is 5.29. The van der Waals surface area contributed by atoms with E-state index in [1.807, 2.05) is 31.2 Å². The van der Waals surface area contributed by atoms with Gasteiger partial charge in [0.2, 0.25) is 0 Å². The lowest BCUT2D eigenvalue weighted by Gasteiger charge is -2.25. The lowest BCUT2D eigenvalue weighted by atomic mass is 9.85. The van der Waals surface area contributed by atoms with Gasteiger partial charge in [-0.1, -0.05) is 26.0 Å². The van der Waals surface area contributed by atoms with Crippen LogP contribution in [0.4, 0.5) is 0 Å². The molecule has 1 aliphatic carbocycles. The molecule has 0 saturated carbocycles. The monoisotopic (exact) mass is 258 g/mol. The fourth-order valence-corrected chi connectivity index (χ4v) is 2.38. The molecule has 19 heavy (non-hydrogen) atoms. The van der Waals surface area contributed by atoms with Gasteiger partial charge in [0, 0.05) is 12.0 Å². The van der Waals surface area contributed by atoms with Crippen molar-refractivity contribution in [3.63, 3.8) is 0 Å². The van der Waals surface area contributed by atoms with Crippen LogP contribution >= 0.6 is 0 Å². The number of carbonyl (C=O) groups is 1. The summed E-state index contributed by atoms with van der Waals surface area (Å²) in [7, 11) is 0. The van der Waals surface area contributed by atoms with Crippen LogP contribution in [0.25, 0.3) is 0 Å². The molecule has 2 heteroatoms. The molecule has 0 N–H and O–H groups in total. The molecular formula is C17H22O2. The third-order valence-corrected chi connectivity index (χ3v) is 3.88. The Bertz CT molecular complexity index is 445. The van der Waals surface area contributed by atoms with Crippen molar-refractivity contribution in [1.29, 1.82) is 0 Å². The van der Waals surface area contributed by atoms with Gasteiger partial charge in [-0.15, -0.1) is 0 Å². The SMILES string of the molecule is CCC(=O)c1ccc(OCC2CC=CCC2C)cc1. The van der Waals surface area contributed by atoms with Crippen LogP contribution < -0.4 is 4.74 Å². The largest absolute Gasteiger partial charge is 0.493 e. The van der Waals surface area contributed by atoms with E-state index in [9.17, 15) is 4.79 Å². The number of rotatable bonds is 5. The fourth-order valence-electron chi connectivity index (χ4n) is 2.38. The molecule has 102 valence electrons. The molecule has 0 aliphatic heterocycles. The molecule has 2 rings (SSSR count). The van der Waals surface area contributed by atoms with Gasteiger partial charge in [0.25, 0.3) is 0 Å². The molecule has 1 aromatic rings. The molecule has 0 fully saturated rings. The molecule has 1 aromatic carbocycles. The minimum atomic E-state index is 0.178. The Morgan fingerprint density at radius 1 is 1.21 bits per heavy atom. The van der Waals surface area contributed by atoms with Gasteiger partial charge in [-0.05, 0) is 48.9 Å². The topological polar surface area (TPSA) is 26.3 Å². The zero-order chi connectivity index (χ0) is 13.7. The van der Waals surface area contributed by atoms with Crippen LogP contribution in [-0.2, 0) is 0 Å². The Kier molecular flexibility index (Phi) is 4.78. The van der Waals surface area contributed by atoms with Crippen LogP contribution in [0.3, 0.4) is 0 Å². The van der Waals surface area contributed by atoms with E-state index >= 15 is 0 Å². The smallest absolute Gasteiger partial charge is 0.162 e. The summed E-state index contributed by atoms with van der Waals surface area (Å²) in [6.45, 7) is 4.91. The predicted molar refractivity (Wildman–Crippen MR) is 77.6 cm³/mol. The Morgan fingerprint density at radius 2 is 1.89 bits per heavy atom. The standard InChI is InChI=1S/C17H22O2/c1-3-17(18)14-8-10-16(11-9-14)19-12-15-7-5-4-6-13(15)2/h4-5,8-11,13,15H,3,6-7,12H2,1-2H3. The average molecular weight is 258 g/mol. The molecule has 0 aromatic heterocycles. The van der Waals surface area contributed by atoms with Crippen LogP contribution in [-0.4, -0.2) is 12.4 Å². The van der Waals surface area contributed by atoms with Crippen LogP contribution in [0.5, 0.6) is 5.75 Å². The van der Waals surface area contributed by atoms with Gasteiger partial charge in [-0.2, -0.15) is 0 Å². The van der Waals surface area contributed by atoms with Crippen molar-refractivity contribution >= 4 is 5.78 Å². The lowest BCUT2D eigenvalue weighted by Crippen LogP contribution is -2.21. The zero-order valence-electron chi connectivity index (χ0n) is 11.8. The number of ether oxygens (including phenoxy) is 1. The van der Waals surface area contributed by atoms with E-state index in [4.69, 9.17) is 4.74 Å². The third-order valence-electron chi connectivity index (χ3n) is 3.88. The number of carbonyl (C=O) groups excluding carboxylic acids is 1. The first kappa shape index (κ1) is 13.9. The second kappa shape index (κ2) is 6.55. The van der Waals surface area contributed by atoms with Crippen LogP contribution in [0.1, 0.15) is 43.5 Å². The van der Waals surface area contributed by atoms with Crippen LogP contribution in [0, 0.1) is 11.8 Å². The molecular weight excluding hydrogens is 236 g/mol. The van der Waals surface area contributed by atoms with E-state index in [1.165, 1.54) is 0 Å². The molecule has 2 nitrogen and oxygen atoms in total. The summed E-state index contributed by atoms with van der Waals surface area (Å²) >= 11 is 0. The molecule has 1 aliphatic rings. The Hall–Kier alpha value is -1.57. The van der Waals surface area contributed by atoms with Crippen LogP contribution in [0.2, 0.25) is 0 Å². The highest BCUT2D eigenvalue weighted by molar-refractivity contribution is 5.95. The summed E-state index contributed by atoms with van der Waals surface area (Å²) in [6.07, 6.45) is 7.31. The summed E-state index contributed by atoms with van der Waals surface area (Å²) in [4.78, 5) is 11.5. The number of Topliss-reactive ketones (excluding diaryl/α,β-unsaturated/α-hetero) is 1. The van der Waals surface area contributed by atoms with Gasteiger partial charge < -0.3 is 4.74 Å². The van der Waals surface area contributed by atoms with Gasteiger partial charge in [-0.3, -0.25) is 4.79 Å². The van der Waals surface area contributed by atoms with Crippen molar-refractivity contribution in [3.8, 4) is 5.75 Å². The van der Waals surface area contributed by atoms with Crippen molar-refractivity contribution in [1.82, 2.24) is 0 Å². The molecule has 0 bridgehead atoms. The minimum absolute atomic E-state index is 0.178. The minimum Gasteiger partial charge on any atom is -0.493 e. The van der Waals surface area contributed by atoms with E-state index in [0.717, 1.165) is 30.8 Å². The summed E-state index contributed by atoms with van der Waals surface area (Å²) in [6, 6.07) is 7.50. The van der Waals surface area contributed by atoms with Crippen LogP contribution in [0.15, 0.2) is 36.4 Å². The second-order valence-corrected chi connectivity index (χ2v) is 5.29. The molecule has 0 heterocycles. The van der Waals surface area contributed by atoms with Gasteiger partial charge in [0.05, 0.1) is 6.61 Å². The Morgan fingerprint density at radius 3 is 2.53 bits per heavy atom. The van der Waals surface area contributed by atoms with Gasteiger partial charge in [0.15, 0.2) is 5.78 Å². The van der Waals surface area contributed by atoms with Crippen molar-refractivity contribution in [2.75, 3.05) is 6.61 Å². The highest BCUT2D eigenvalue weighted by Crippen LogP contribution is 2.26. The number of benzene rings is 1. The number of hydrogen-bond donors (Lipinski definition) is 0. The van der Waals surface area contributed by atoms with Gasteiger partial charge in [-0.25, -0.2) is 0 Å². The Labute approximate surface area is 115 Å². The van der Waals surface area contributed by atoms with Crippen molar-refractivity contribution in [2.45, 2.75) is 33.1 Å². The maximum Gasteiger partial charge on any atom is 0.162 e.